The van der Waals surface area contributed by atoms with Crippen LogP contribution in [0, 0.1) is 6.92 Å². The van der Waals surface area contributed by atoms with Gasteiger partial charge in [-0.15, -0.1) is 5.10 Å². The van der Waals surface area contributed by atoms with Gasteiger partial charge in [-0.3, -0.25) is 4.79 Å². The van der Waals surface area contributed by atoms with Crippen LogP contribution in [0.25, 0.3) is 0 Å². The number of aryl methyl sites for hydroxylation is 1. The maximum absolute atomic E-state index is 11.9. The smallest absolute Gasteiger partial charge is 0.269 e. The molecule has 0 fully saturated rings. The van der Waals surface area contributed by atoms with Gasteiger partial charge in [-0.25, -0.2) is 0 Å². The number of amides is 1. The zero-order valence-corrected chi connectivity index (χ0v) is 11.0. The molecule has 2 aromatic rings. The molecule has 0 aliphatic carbocycles. The third kappa shape index (κ3) is 2.84. The highest BCUT2D eigenvalue weighted by Crippen LogP contribution is 2.26. The lowest BCUT2D eigenvalue weighted by Gasteiger charge is -2.11. The van der Waals surface area contributed by atoms with Crippen molar-refractivity contribution in [2.24, 2.45) is 0 Å². The van der Waals surface area contributed by atoms with Crippen LogP contribution < -0.4 is 10.1 Å². The van der Waals surface area contributed by atoms with Crippen molar-refractivity contribution in [1.29, 1.82) is 0 Å². The first-order chi connectivity index (χ1) is 8.70. The summed E-state index contributed by atoms with van der Waals surface area (Å²) in [5.74, 6) is 0.443. The third-order valence-electron chi connectivity index (χ3n) is 2.27. The molecule has 0 bridgehead atoms. The Labute approximate surface area is 109 Å². The quantitative estimate of drug-likeness (QED) is 0.920. The number of anilines is 1. The van der Waals surface area contributed by atoms with Crippen molar-refractivity contribution in [2.75, 3.05) is 11.9 Å². The monoisotopic (exact) mass is 263 g/mol. The summed E-state index contributed by atoms with van der Waals surface area (Å²) >= 11 is 1.06. The topological polar surface area (TPSA) is 64.1 Å². The second-order valence-electron chi connectivity index (χ2n) is 3.67. The number of rotatable bonds is 4. The predicted octanol–water partition coefficient (Wildman–Crippen LogP) is 2.50. The maximum Gasteiger partial charge on any atom is 0.269 e. The van der Waals surface area contributed by atoms with Crippen LogP contribution in [0.4, 0.5) is 5.69 Å². The lowest BCUT2D eigenvalue weighted by atomic mass is 10.2. The van der Waals surface area contributed by atoms with Crippen molar-refractivity contribution in [3.05, 3.63) is 34.8 Å². The Hall–Kier alpha value is -1.95. The highest BCUT2D eigenvalue weighted by Gasteiger charge is 2.11. The van der Waals surface area contributed by atoms with Gasteiger partial charge in [-0.1, -0.05) is 10.6 Å². The Kier molecular flexibility index (Phi) is 3.88. The van der Waals surface area contributed by atoms with Crippen LogP contribution in [-0.2, 0) is 0 Å². The Morgan fingerprint density at radius 1 is 1.50 bits per heavy atom. The maximum atomic E-state index is 11.9. The van der Waals surface area contributed by atoms with E-state index < -0.39 is 0 Å². The van der Waals surface area contributed by atoms with Gasteiger partial charge < -0.3 is 10.1 Å². The van der Waals surface area contributed by atoms with E-state index in [2.05, 4.69) is 14.9 Å². The summed E-state index contributed by atoms with van der Waals surface area (Å²) in [6.45, 7) is 4.43. The van der Waals surface area contributed by atoms with E-state index in [1.165, 1.54) is 6.20 Å². The van der Waals surface area contributed by atoms with Gasteiger partial charge in [0.15, 0.2) is 0 Å². The van der Waals surface area contributed by atoms with Crippen LogP contribution in [0.1, 0.15) is 22.2 Å². The minimum Gasteiger partial charge on any atom is -0.492 e. The van der Waals surface area contributed by atoms with E-state index in [0.29, 0.717) is 22.9 Å². The molecule has 0 unspecified atom stereocenters. The van der Waals surface area contributed by atoms with Crippen molar-refractivity contribution in [1.82, 2.24) is 9.59 Å². The van der Waals surface area contributed by atoms with Crippen LogP contribution in [0.3, 0.4) is 0 Å². The number of nitrogens with one attached hydrogen (secondary N) is 1. The molecule has 0 saturated heterocycles. The number of hydrogen-bond donors (Lipinski definition) is 1. The van der Waals surface area contributed by atoms with E-state index in [-0.39, 0.29) is 5.91 Å². The van der Waals surface area contributed by atoms with Gasteiger partial charge in [0, 0.05) is 0 Å². The summed E-state index contributed by atoms with van der Waals surface area (Å²) in [4.78, 5) is 12.4. The fourth-order valence-electron chi connectivity index (χ4n) is 1.46. The lowest BCUT2D eigenvalue weighted by Crippen LogP contribution is -2.11. The van der Waals surface area contributed by atoms with Crippen molar-refractivity contribution in [2.45, 2.75) is 13.8 Å². The SMILES string of the molecule is CCOc1cc(C)ccc1NC(=O)c1cnns1. The number of ether oxygens (including phenoxy) is 1. The Bertz CT molecular complexity index is 540. The summed E-state index contributed by atoms with van der Waals surface area (Å²) in [6.07, 6.45) is 1.44. The second kappa shape index (κ2) is 5.59. The fraction of sp³-hybridized carbons (Fsp3) is 0.250. The van der Waals surface area contributed by atoms with Crippen LogP contribution in [-0.4, -0.2) is 22.1 Å². The molecule has 1 aromatic heterocycles. The van der Waals surface area contributed by atoms with Crippen LogP contribution in [0.15, 0.2) is 24.4 Å². The fourth-order valence-corrected chi connectivity index (χ4v) is 1.87. The Morgan fingerprint density at radius 3 is 3.00 bits per heavy atom. The summed E-state index contributed by atoms with van der Waals surface area (Å²) < 4.78 is 9.15. The summed E-state index contributed by atoms with van der Waals surface area (Å²) in [5, 5.41) is 6.43. The molecule has 94 valence electrons. The predicted molar refractivity (Wildman–Crippen MR) is 70.2 cm³/mol. The first kappa shape index (κ1) is 12.5. The molecule has 0 aliphatic heterocycles. The van der Waals surface area contributed by atoms with E-state index in [9.17, 15) is 4.79 Å². The summed E-state index contributed by atoms with van der Waals surface area (Å²) in [5.41, 5.74) is 1.73. The zero-order valence-electron chi connectivity index (χ0n) is 10.1. The van der Waals surface area contributed by atoms with Gasteiger partial charge in [0.05, 0.1) is 18.5 Å². The molecule has 18 heavy (non-hydrogen) atoms. The number of aromatic nitrogens is 2. The third-order valence-corrected chi connectivity index (χ3v) is 2.93. The second-order valence-corrected chi connectivity index (χ2v) is 4.45. The van der Waals surface area contributed by atoms with Crippen LogP contribution in [0.2, 0.25) is 0 Å². The molecule has 0 aliphatic rings. The van der Waals surface area contributed by atoms with Gasteiger partial charge in [-0.05, 0) is 43.1 Å². The molecule has 1 aromatic carbocycles. The molecule has 6 heteroatoms. The van der Waals surface area contributed by atoms with E-state index >= 15 is 0 Å². The van der Waals surface area contributed by atoms with Gasteiger partial charge in [0.25, 0.3) is 5.91 Å². The zero-order chi connectivity index (χ0) is 13.0. The first-order valence-corrected chi connectivity index (χ1v) is 6.30. The van der Waals surface area contributed by atoms with Crippen molar-refractivity contribution in [3.63, 3.8) is 0 Å². The molecule has 0 spiro atoms. The van der Waals surface area contributed by atoms with Gasteiger partial charge in [-0.2, -0.15) is 0 Å². The summed E-state index contributed by atoms with van der Waals surface area (Å²) in [6, 6.07) is 5.64. The molecule has 1 heterocycles. The minimum absolute atomic E-state index is 0.227. The van der Waals surface area contributed by atoms with Gasteiger partial charge in [0.1, 0.15) is 10.6 Å². The minimum atomic E-state index is -0.227. The highest BCUT2D eigenvalue weighted by atomic mass is 32.1. The summed E-state index contributed by atoms with van der Waals surface area (Å²) in [7, 11) is 0. The molecular weight excluding hydrogens is 250 g/mol. The highest BCUT2D eigenvalue weighted by molar-refractivity contribution is 7.07. The van der Waals surface area contributed by atoms with Crippen molar-refractivity contribution in [3.8, 4) is 5.75 Å². The average molecular weight is 263 g/mol. The molecule has 2 rings (SSSR count). The van der Waals surface area contributed by atoms with Crippen molar-refractivity contribution < 1.29 is 9.53 Å². The molecule has 0 saturated carbocycles. The molecule has 5 nitrogen and oxygen atoms in total. The van der Waals surface area contributed by atoms with Crippen LogP contribution >= 0.6 is 11.5 Å². The molecular formula is C12H13N3O2S. The van der Waals surface area contributed by atoms with E-state index in [1.807, 2.05) is 32.0 Å². The standard InChI is InChI=1S/C12H13N3O2S/c1-3-17-10-6-8(2)4-5-9(10)14-12(16)11-7-13-15-18-11/h4-7H,3H2,1-2H3,(H,14,16). The number of benzene rings is 1. The molecule has 1 amide bonds. The Morgan fingerprint density at radius 2 is 2.33 bits per heavy atom. The number of carbonyl (C=O) groups is 1. The molecule has 1 N–H and O–H groups in total. The number of hydrogen-bond acceptors (Lipinski definition) is 5. The van der Waals surface area contributed by atoms with E-state index in [1.54, 1.807) is 0 Å². The first-order valence-electron chi connectivity index (χ1n) is 5.53. The van der Waals surface area contributed by atoms with E-state index in [4.69, 9.17) is 4.74 Å². The molecule has 0 atom stereocenters. The normalized spacial score (nSPS) is 10.1. The lowest BCUT2D eigenvalue weighted by molar-refractivity contribution is 0.103. The van der Waals surface area contributed by atoms with Crippen LogP contribution in [0.5, 0.6) is 5.75 Å². The van der Waals surface area contributed by atoms with Gasteiger partial charge in [0.2, 0.25) is 0 Å². The average Bonchev–Trinajstić information content (AvgIpc) is 2.86. The largest absolute Gasteiger partial charge is 0.492 e. The Balaban J connectivity index is 2.20. The number of carbonyl (C=O) groups excluding carboxylic acids is 1. The van der Waals surface area contributed by atoms with E-state index in [0.717, 1.165) is 17.1 Å². The number of nitrogens with zero attached hydrogens (tertiary/aromatic N) is 2. The van der Waals surface area contributed by atoms with Crippen molar-refractivity contribution >= 4 is 23.1 Å². The van der Waals surface area contributed by atoms with Gasteiger partial charge >= 0.3 is 0 Å². The molecule has 0 radical (unpaired) electrons.